The molecule has 0 aliphatic carbocycles. The Morgan fingerprint density at radius 3 is 2.71 bits per heavy atom. The first kappa shape index (κ1) is 13.6. The molecule has 0 aliphatic rings. The molecule has 0 atom stereocenters. The van der Waals surface area contributed by atoms with Gasteiger partial charge in [0.15, 0.2) is 9.84 Å². The minimum absolute atomic E-state index is 0.0764. The number of carbonyl (C=O) groups excluding carboxylic acids is 1. The van der Waals surface area contributed by atoms with Crippen molar-refractivity contribution in [2.45, 2.75) is 4.90 Å². The van der Waals surface area contributed by atoms with E-state index in [1.807, 2.05) is 0 Å². The van der Waals surface area contributed by atoms with E-state index in [1.54, 1.807) is 0 Å². The number of terminal acetylenes is 1. The highest BCUT2D eigenvalue weighted by molar-refractivity contribution is 7.90. The van der Waals surface area contributed by atoms with Crippen LogP contribution in [0.5, 0.6) is 0 Å². The number of amides is 1. The first-order valence-electron chi connectivity index (χ1n) is 4.57. The van der Waals surface area contributed by atoms with Crippen LogP contribution in [-0.4, -0.2) is 27.1 Å². The summed E-state index contributed by atoms with van der Waals surface area (Å²) in [6.07, 6.45) is 6.02. The minimum atomic E-state index is -3.46. The van der Waals surface area contributed by atoms with E-state index in [-0.39, 0.29) is 22.0 Å². The molecule has 1 N–H and O–H groups in total. The number of nitrogens with one attached hydrogen (secondary N) is 1. The summed E-state index contributed by atoms with van der Waals surface area (Å²) in [5.41, 5.74) is 0.199. The fourth-order valence-electron chi connectivity index (χ4n) is 1.16. The van der Waals surface area contributed by atoms with Gasteiger partial charge >= 0.3 is 0 Å². The Hall–Kier alpha value is -1.51. The monoisotopic (exact) mass is 271 g/mol. The van der Waals surface area contributed by atoms with Crippen LogP contribution in [0.1, 0.15) is 10.4 Å². The zero-order chi connectivity index (χ0) is 13.1. The molecule has 0 bridgehead atoms. The van der Waals surface area contributed by atoms with Crippen molar-refractivity contribution in [3.8, 4) is 12.3 Å². The summed E-state index contributed by atoms with van der Waals surface area (Å²) in [5.74, 6) is 1.81. The van der Waals surface area contributed by atoms with E-state index in [0.717, 1.165) is 6.26 Å². The van der Waals surface area contributed by atoms with E-state index in [9.17, 15) is 13.2 Å². The smallest absolute Gasteiger partial charge is 0.252 e. The van der Waals surface area contributed by atoms with E-state index in [4.69, 9.17) is 18.0 Å². The van der Waals surface area contributed by atoms with Gasteiger partial charge in [0.05, 0.1) is 16.5 Å². The van der Waals surface area contributed by atoms with E-state index in [1.165, 1.54) is 18.2 Å². The van der Waals surface area contributed by atoms with Crippen molar-refractivity contribution in [2.75, 3.05) is 12.8 Å². The summed E-state index contributed by atoms with van der Waals surface area (Å²) in [5, 5.41) is 2.52. The molecule has 0 aliphatic heterocycles. The van der Waals surface area contributed by atoms with Gasteiger partial charge in [-0.25, -0.2) is 8.42 Å². The Kier molecular flexibility index (Phi) is 4.16. The first-order chi connectivity index (χ1) is 7.86. The second-order valence-corrected chi connectivity index (χ2v) is 5.70. The molecular formula is C11H10ClNO3S. The highest BCUT2D eigenvalue weighted by Gasteiger charge is 2.15. The number of hydrogen-bond donors (Lipinski definition) is 1. The lowest BCUT2D eigenvalue weighted by molar-refractivity contribution is 0.0958. The van der Waals surface area contributed by atoms with E-state index >= 15 is 0 Å². The Morgan fingerprint density at radius 2 is 2.18 bits per heavy atom. The molecule has 1 amide bonds. The summed E-state index contributed by atoms with van der Waals surface area (Å²) in [6.45, 7) is 0.0790. The van der Waals surface area contributed by atoms with Crippen molar-refractivity contribution in [2.24, 2.45) is 0 Å². The maximum Gasteiger partial charge on any atom is 0.252 e. The minimum Gasteiger partial charge on any atom is -0.341 e. The van der Waals surface area contributed by atoms with Crippen molar-refractivity contribution in [1.82, 2.24) is 5.32 Å². The van der Waals surface area contributed by atoms with Crippen molar-refractivity contribution in [3.63, 3.8) is 0 Å². The van der Waals surface area contributed by atoms with Crippen LogP contribution in [-0.2, 0) is 9.84 Å². The van der Waals surface area contributed by atoms with Crippen LogP contribution >= 0.6 is 11.6 Å². The number of rotatable bonds is 3. The zero-order valence-electron chi connectivity index (χ0n) is 9.03. The van der Waals surface area contributed by atoms with Crippen molar-refractivity contribution in [1.29, 1.82) is 0 Å². The lowest BCUT2D eigenvalue weighted by Crippen LogP contribution is -2.23. The Morgan fingerprint density at radius 1 is 1.53 bits per heavy atom. The van der Waals surface area contributed by atoms with Gasteiger partial charge < -0.3 is 5.32 Å². The highest BCUT2D eigenvalue weighted by Crippen LogP contribution is 2.22. The predicted octanol–water partition coefficient (Wildman–Crippen LogP) is 1.11. The van der Waals surface area contributed by atoms with Gasteiger partial charge in [-0.3, -0.25) is 4.79 Å². The van der Waals surface area contributed by atoms with Gasteiger partial charge in [-0.1, -0.05) is 17.5 Å². The van der Waals surface area contributed by atoms with Gasteiger partial charge in [-0.2, -0.15) is 0 Å². The summed E-state index contributed by atoms with van der Waals surface area (Å²) in [6, 6.07) is 4.02. The molecular weight excluding hydrogens is 262 g/mol. The SMILES string of the molecule is C#CCNC(=O)c1ccc(Cl)c(S(C)(=O)=O)c1. The fraction of sp³-hybridized carbons (Fsp3) is 0.182. The molecule has 0 unspecified atom stereocenters. The number of carbonyl (C=O) groups is 1. The highest BCUT2D eigenvalue weighted by atomic mass is 35.5. The molecule has 0 heterocycles. The molecule has 0 saturated carbocycles. The fourth-order valence-corrected chi connectivity index (χ4v) is 2.46. The summed E-state index contributed by atoms with van der Waals surface area (Å²) >= 11 is 5.75. The molecule has 6 heteroatoms. The maximum absolute atomic E-state index is 11.5. The van der Waals surface area contributed by atoms with Gasteiger partial charge in [-0.15, -0.1) is 6.42 Å². The zero-order valence-corrected chi connectivity index (χ0v) is 10.6. The van der Waals surface area contributed by atoms with Crippen LogP contribution in [0.15, 0.2) is 23.1 Å². The standard InChI is InChI=1S/C11H10ClNO3S/c1-3-6-13-11(14)8-4-5-9(12)10(7-8)17(2,15)16/h1,4-5,7H,6H2,2H3,(H,13,14). The molecule has 0 fully saturated rings. The molecule has 0 spiro atoms. The van der Waals surface area contributed by atoms with Crippen LogP contribution in [0.4, 0.5) is 0 Å². The van der Waals surface area contributed by atoms with Crippen molar-refractivity contribution >= 4 is 27.3 Å². The van der Waals surface area contributed by atoms with Gasteiger partial charge in [0.1, 0.15) is 0 Å². The normalized spacial score (nSPS) is 10.6. The van der Waals surface area contributed by atoms with E-state index in [2.05, 4.69) is 11.2 Å². The lowest BCUT2D eigenvalue weighted by atomic mass is 10.2. The maximum atomic E-state index is 11.5. The third-order valence-electron chi connectivity index (χ3n) is 1.94. The molecule has 4 nitrogen and oxygen atoms in total. The average molecular weight is 272 g/mol. The second kappa shape index (κ2) is 5.21. The van der Waals surface area contributed by atoms with Crippen LogP contribution < -0.4 is 5.32 Å². The quantitative estimate of drug-likeness (QED) is 0.838. The number of sulfone groups is 1. The molecule has 1 aromatic rings. The van der Waals surface area contributed by atoms with Crippen LogP contribution in [0.2, 0.25) is 5.02 Å². The van der Waals surface area contributed by atoms with E-state index in [0.29, 0.717) is 0 Å². The first-order valence-corrected chi connectivity index (χ1v) is 6.84. The molecule has 1 rings (SSSR count). The van der Waals surface area contributed by atoms with Gasteiger partial charge in [0, 0.05) is 11.8 Å². The topological polar surface area (TPSA) is 63.2 Å². The molecule has 1 aromatic carbocycles. The molecule has 17 heavy (non-hydrogen) atoms. The number of benzene rings is 1. The molecule has 0 saturated heterocycles. The van der Waals surface area contributed by atoms with Crippen LogP contribution in [0.3, 0.4) is 0 Å². The third kappa shape index (κ3) is 3.48. The Bertz CT molecular complexity index is 587. The third-order valence-corrected chi connectivity index (χ3v) is 3.52. The molecule has 0 aromatic heterocycles. The number of hydrogen-bond acceptors (Lipinski definition) is 3. The molecule has 0 radical (unpaired) electrons. The Balaban J connectivity index is 3.14. The van der Waals surface area contributed by atoms with Crippen molar-refractivity contribution in [3.05, 3.63) is 28.8 Å². The molecule has 90 valence electrons. The van der Waals surface area contributed by atoms with Gasteiger partial charge in [-0.05, 0) is 18.2 Å². The van der Waals surface area contributed by atoms with Crippen LogP contribution in [0, 0.1) is 12.3 Å². The van der Waals surface area contributed by atoms with E-state index < -0.39 is 15.7 Å². The largest absolute Gasteiger partial charge is 0.341 e. The van der Waals surface area contributed by atoms with Crippen molar-refractivity contribution < 1.29 is 13.2 Å². The average Bonchev–Trinajstić information content (AvgIpc) is 2.25. The summed E-state index contributed by atoms with van der Waals surface area (Å²) in [4.78, 5) is 11.5. The number of halogens is 1. The Labute approximate surface area is 105 Å². The second-order valence-electron chi connectivity index (χ2n) is 3.30. The predicted molar refractivity (Wildman–Crippen MR) is 65.7 cm³/mol. The van der Waals surface area contributed by atoms with Gasteiger partial charge in [0.25, 0.3) is 5.91 Å². The summed E-state index contributed by atoms with van der Waals surface area (Å²) in [7, 11) is -3.46. The summed E-state index contributed by atoms with van der Waals surface area (Å²) < 4.78 is 22.8. The lowest BCUT2D eigenvalue weighted by Gasteiger charge is -2.05. The van der Waals surface area contributed by atoms with Crippen LogP contribution in [0.25, 0.3) is 0 Å². The van der Waals surface area contributed by atoms with Gasteiger partial charge in [0.2, 0.25) is 0 Å².